The molecule has 2 aromatic rings. The van der Waals surface area contributed by atoms with Gasteiger partial charge in [0.1, 0.15) is 0 Å². The van der Waals surface area contributed by atoms with Gasteiger partial charge in [-0.2, -0.15) is 5.10 Å². The number of aliphatic hydroxyl groups excluding tert-OH is 1. The van der Waals surface area contributed by atoms with E-state index in [0.717, 1.165) is 22.6 Å². The molecule has 1 amide bonds. The molecular formula is C18H26N4O2. The van der Waals surface area contributed by atoms with E-state index in [-0.39, 0.29) is 25.1 Å². The highest BCUT2D eigenvalue weighted by Gasteiger charge is 2.18. The van der Waals surface area contributed by atoms with Gasteiger partial charge in [0.25, 0.3) is 5.91 Å². The van der Waals surface area contributed by atoms with Gasteiger partial charge >= 0.3 is 0 Å². The van der Waals surface area contributed by atoms with Crippen molar-refractivity contribution >= 4 is 11.6 Å². The maximum Gasteiger partial charge on any atom is 0.251 e. The number of benzene rings is 1. The van der Waals surface area contributed by atoms with E-state index < -0.39 is 0 Å². The first-order valence-corrected chi connectivity index (χ1v) is 8.12. The summed E-state index contributed by atoms with van der Waals surface area (Å²) in [5, 5.41) is 19.5. The third kappa shape index (κ3) is 3.59. The lowest BCUT2D eigenvalue weighted by molar-refractivity contribution is 0.0944. The number of aromatic nitrogens is 2. The van der Waals surface area contributed by atoms with E-state index in [2.05, 4.69) is 29.6 Å². The molecule has 0 radical (unpaired) electrons. The summed E-state index contributed by atoms with van der Waals surface area (Å²) >= 11 is 0. The number of hydrogen-bond acceptors (Lipinski definition) is 4. The van der Waals surface area contributed by atoms with Crippen LogP contribution < -0.4 is 10.6 Å². The normalized spacial score (nSPS) is 12.1. The molecule has 6 heteroatoms. The van der Waals surface area contributed by atoms with Crippen molar-refractivity contribution in [3.8, 4) is 0 Å². The Morgan fingerprint density at radius 3 is 2.62 bits per heavy atom. The number of aliphatic hydroxyl groups is 1. The lowest BCUT2D eigenvalue weighted by atomic mass is 10.0. The number of carbonyl (C=O) groups is 1. The number of rotatable bonds is 6. The molecule has 0 fully saturated rings. The number of anilines is 1. The van der Waals surface area contributed by atoms with Gasteiger partial charge in [-0.3, -0.25) is 9.48 Å². The molecule has 0 aliphatic rings. The molecule has 0 aliphatic carbocycles. The molecule has 0 saturated heterocycles. The van der Waals surface area contributed by atoms with Crippen LogP contribution in [0.4, 0.5) is 5.69 Å². The van der Waals surface area contributed by atoms with E-state index in [1.54, 1.807) is 6.07 Å². The lowest BCUT2D eigenvalue weighted by Crippen LogP contribution is -2.27. The topological polar surface area (TPSA) is 79.2 Å². The Kier molecular flexibility index (Phi) is 5.62. The van der Waals surface area contributed by atoms with E-state index in [0.29, 0.717) is 5.56 Å². The van der Waals surface area contributed by atoms with Crippen LogP contribution in [0.1, 0.15) is 45.8 Å². The fraction of sp³-hybridized carbons (Fsp3) is 0.444. The van der Waals surface area contributed by atoms with Crippen LogP contribution in [-0.4, -0.2) is 33.9 Å². The van der Waals surface area contributed by atoms with Crippen molar-refractivity contribution < 1.29 is 9.90 Å². The second-order valence-electron chi connectivity index (χ2n) is 6.03. The third-order valence-corrected chi connectivity index (χ3v) is 4.35. The van der Waals surface area contributed by atoms with Gasteiger partial charge in [-0.25, -0.2) is 0 Å². The average Bonchev–Trinajstić information content (AvgIpc) is 2.79. The summed E-state index contributed by atoms with van der Waals surface area (Å²) < 4.78 is 1.88. The Morgan fingerprint density at radius 1 is 1.33 bits per heavy atom. The molecule has 1 heterocycles. The zero-order valence-corrected chi connectivity index (χ0v) is 15.0. The summed E-state index contributed by atoms with van der Waals surface area (Å²) in [6.07, 6.45) is 0. The van der Waals surface area contributed by atoms with Crippen molar-refractivity contribution in [2.45, 2.75) is 33.7 Å². The second-order valence-corrected chi connectivity index (χ2v) is 6.03. The van der Waals surface area contributed by atoms with Crippen molar-refractivity contribution in [2.75, 3.05) is 18.5 Å². The van der Waals surface area contributed by atoms with Crippen LogP contribution in [0.2, 0.25) is 0 Å². The third-order valence-electron chi connectivity index (χ3n) is 4.35. The number of amides is 1. The van der Waals surface area contributed by atoms with E-state index in [9.17, 15) is 4.79 Å². The van der Waals surface area contributed by atoms with Crippen molar-refractivity contribution in [1.29, 1.82) is 0 Å². The number of aryl methyl sites for hydroxylation is 2. The van der Waals surface area contributed by atoms with Gasteiger partial charge < -0.3 is 15.7 Å². The van der Waals surface area contributed by atoms with E-state index in [1.807, 2.05) is 37.7 Å². The minimum Gasteiger partial charge on any atom is -0.395 e. The monoisotopic (exact) mass is 330 g/mol. The Morgan fingerprint density at radius 2 is 2.04 bits per heavy atom. The van der Waals surface area contributed by atoms with Crippen LogP contribution in [0.25, 0.3) is 0 Å². The van der Waals surface area contributed by atoms with Gasteiger partial charge in [0, 0.05) is 36.1 Å². The first kappa shape index (κ1) is 18.0. The van der Waals surface area contributed by atoms with Crippen LogP contribution >= 0.6 is 0 Å². The highest BCUT2D eigenvalue weighted by atomic mass is 16.3. The molecule has 0 aliphatic heterocycles. The number of nitrogens with one attached hydrogen (secondary N) is 2. The van der Waals surface area contributed by atoms with Crippen molar-refractivity contribution in [1.82, 2.24) is 15.1 Å². The molecule has 1 aromatic heterocycles. The Balaban J connectivity index is 2.25. The fourth-order valence-electron chi connectivity index (χ4n) is 3.02. The first-order valence-electron chi connectivity index (χ1n) is 8.12. The molecule has 1 aromatic carbocycles. The maximum absolute atomic E-state index is 12.2. The van der Waals surface area contributed by atoms with Crippen LogP contribution in [0.5, 0.6) is 0 Å². The summed E-state index contributed by atoms with van der Waals surface area (Å²) in [5.74, 6) is -0.174. The molecule has 1 atom stereocenters. The van der Waals surface area contributed by atoms with Gasteiger partial charge in [0.15, 0.2) is 0 Å². The minimum absolute atomic E-state index is 0.0701. The SMILES string of the molecule is Cc1nn(C)c(C)c1C(C)Nc1cccc(C(=O)NCCO)c1C. The first-order chi connectivity index (χ1) is 11.4. The van der Waals surface area contributed by atoms with Crippen LogP contribution in [0.15, 0.2) is 18.2 Å². The fourth-order valence-corrected chi connectivity index (χ4v) is 3.02. The van der Waals surface area contributed by atoms with Gasteiger partial charge in [0.05, 0.1) is 18.3 Å². The van der Waals surface area contributed by atoms with E-state index in [1.165, 1.54) is 5.56 Å². The molecular weight excluding hydrogens is 304 g/mol. The Bertz CT molecular complexity index is 737. The molecule has 2 rings (SSSR count). The molecule has 3 N–H and O–H groups in total. The van der Waals surface area contributed by atoms with Gasteiger partial charge in [-0.1, -0.05) is 6.07 Å². The molecule has 24 heavy (non-hydrogen) atoms. The van der Waals surface area contributed by atoms with Crippen molar-refractivity contribution in [3.05, 3.63) is 46.3 Å². The summed E-state index contributed by atoms with van der Waals surface area (Å²) in [6, 6.07) is 5.70. The van der Waals surface area contributed by atoms with E-state index >= 15 is 0 Å². The summed E-state index contributed by atoms with van der Waals surface area (Å²) in [6.45, 7) is 8.26. The molecule has 0 spiro atoms. The molecule has 1 unspecified atom stereocenters. The zero-order chi connectivity index (χ0) is 17.9. The van der Waals surface area contributed by atoms with Gasteiger partial charge in [0.2, 0.25) is 0 Å². The van der Waals surface area contributed by atoms with Crippen LogP contribution in [0.3, 0.4) is 0 Å². The highest BCUT2D eigenvalue weighted by molar-refractivity contribution is 5.97. The molecule has 0 bridgehead atoms. The summed E-state index contributed by atoms with van der Waals surface area (Å²) in [7, 11) is 1.94. The molecule has 0 saturated carbocycles. The van der Waals surface area contributed by atoms with Crippen molar-refractivity contribution in [3.63, 3.8) is 0 Å². The highest BCUT2D eigenvalue weighted by Crippen LogP contribution is 2.27. The van der Waals surface area contributed by atoms with E-state index in [4.69, 9.17) is 5.11 Å². The smallest absolute Gasteiger partial charge is 0.251 e. The Labute approximate surface area is 142 Å². The standard InChI is InChI=1S/C18H26N4O2/c1-11-15(18(24)19-9-10-23)7-6-8-16(11)20-12(2)17-13(3)21-22(5)14(17)4/h6-8,12,20,23H,9-10H2,1-5H3,(H,19,24). The van der Waals surface area contributed by atoms with Crippen LogP contribution in [-0.2, 0) is 7.05 Å². The number of hydrogen-bond donors (Lipinski definition) is 3. The quantitative estimate of drug-likeness (QED) is 0.759. The minimum atomic E-state index is -0.174. The molecule has 130 valence electrons. The lowest BCUT2D eigenvalue weighted by Gasteiger charge is -2.19. The predicted molar refractivity (Wildman–Crippen MR) is 95.3 cm³/mol. The Hall–Kier alpha value is -2.34. The largest absolute Gasteiger partial charge is 0.395 e. The maximum atomic E-state index is 12.2. The summed E-state index contributed by atoms with van der Waals surface area (Å²) in [4.78, 5) is 12.2. The van der Waals surface area contributed by atoms with Crippen molar-refractivity contribution in [2.24, 2.45) is 7.05 Å². The predicted octanol–water partition coefficient (Wildman–Crippen LogP) is 2.24. The number of nitrogens with zero attached hydrogens (tertiary/aromatic N) is 2. The van der Waals surface area contributed by atoms with Crippen LogP contribution in [0, 0.1) is 20.8 Å². The second kappa shape index (κ2) is 7.49. The zero-order valence-electron chi connectivity index (χ0n) is 15.0. The summed E-state index contributed by atoms with van der Waals surface area (Å²) in [5.41, 5.74) is 5.72. The number of carbonyl (C=O) groups excluding carboxylic acids is 1. The molecule has 6 nitrogen and oxygen atoms in total. The van der Waals surface area contributed by atoms with Gasteiger partial charge in [-0.05, 0) is 45.4 Å². The van der Waals surface area contributed by atoms with Gasteiger partial charge in [-0.15, -0.1) is 0 Å². The average molecular weight is 330 g/mol.